The third-order valence-electron chi connectivity index (χ3n) is 5.46. The highest BCUT2D eigenvalue weighted by molar-refractivity contribution is 5.76. The molecule has 3 unspecified atom stereocenters. The van der Waals surface area contributed by atoms with Crippen molar-refractivity contribution >= 4 is 5.91 Å². The normalized spacial score (nSPS) is 30.7. The number of aromatic nitrogens is 3. The lowest BCUT2D eigenvalue weighted by Gasteiger charge is -2.20. The number of amides is 1. The SMILES string of the molecule is O=C(CC1CC2CCC1C2)NCc1nnc2n1CCC2. The minimum atomic E-state index is 0.192. The Morgan fingerprint density at radius 2 is 2.25 bits per heavy atom. The minimum absolute atomic E-state index is 0.192. The average molecular weight is 274 g/mol. The maximum Gasteiger partial charge on any atom is 0.220 e. The van der Waals surface area contributed by atoms with Crippen LogP contribution in [0.15, 0.2) is 0 Å². The maximum absolute atomic E-state index is 12.1. The van der Waals surface area contributed by atoms with Gasteiger partial charge in [-0.25, -0.2) is 0 Å². The summed E-state index contributed by atoms with van der Waals surface area (Å²) in [5, 5.41) is 11.4. The maximum atomic E-state index is 12.1. The Morgan fingerprint density at radius 3 is 3.05 bits per heavy atom. The van der Waals surface area contributed by atoms with Crippen molar-refractivity contribution in [3.8, 4) is 0 Å². The summed E-state index contributed by atoms with van der Waals surface area (Å²) in [6.45, 7) is 1.53. The van der Waals surface area contributed by atoms with Gasteiger partial charge in [-0.05, 0) is 43.4 Å². The molecule has 0 radical (unpaired) electrons. The quantitative estimate of drug-likeness (QED) is 0.908. The van der Waals surface area contributed by atoms with Crippen molar-refractivity contribution in [3.63, 3.8) is 0 Å². The summed E-state index contributed by atoms with van der Waals surface area (Å²) in [6, 6.07) is 0. The molecule has 3 atom stereocenters. The van der Waals surface area contributed by atoms with Crippen LogP contribution >= 0.6 is 0 Å². The second-order valence-corrected chi connectivity index (χ2v) is 6.70. The molecule has 0 aromatic carbocycles. The number of aryl methyl sites for hydroxylation is 1. The molecule has 2 fully saturated rings. The van der Waals surface area contributed by atoms with Crippen molar-refractivity contribution in [1.29, 1.82) is 0 Å². The van der Waals surface area contributed by atoms with Crippen LogP contribution in [-0.4, -0.2) is 20.7 Å². The molecule has 1 aromatic rings. The van der Waals surface area contributed by atoms with E-state index in [2.05, 4.69) is 20.1 Å². The zero-order chi connectivity index (χ0) is 13.5. The van der Waals surface area contributed by atoms with E-state index in [4.69, 9.17) is 0 Å². The van der Waals surface area contributed by atoms with Gasteiger partial charge in [0.1, 0.15) is 5.82 Å². The average Bonchev–Trinajstić information content (AvgIpc) is 3.17. The first-order valence-electron chi connectivity index (χ1n) is 7.97. The fourth-order valence-electron chi connectivity index (χ4n) is 4.46. The number of nitrogens with zero attached hydrogens (tertiary/aromatic N) is 3. The van der Waals surface area contributed by atoms with Crippen molar-refractivity contribution in [1.82, 2.24) is 20.1 Å². The predicted octanol–water partition coefficient (Wildman–Crippen LogP) is 1.67. The van der Waals surface area contributed by atoms with Gasteiger partial charge in [0.2, 0.25) is 5.91 Å². The summed E-state index contributed by atoms with van der Waals surface area (Å²) in [5.74, 6) is 4.55. The molecule has 1 aromatic heterocycles. The highest BCUT2D eigenvalue weighted by atomic mass is 16.1. The lowest BCUT2D eigenvalue weighted by atomic mass is 9.86. The van der Waals surface area contributed by atoms with E-state index < -0.39 is 0 Å². The Kier molecular flexibility index (Phi) is 3.00. The summed E-state index contributed by atoms with van der Waals surface area (Å²) in [6.07, 6.45) is 8.27. The van der Waals surface area contributed by atoms with E-state index in [-0.39, 0.29) is 5.91 Å². The molecule has 2 heterocycles. The van der Waals surface area contributed by atoms with Gasteiger partial charge in [-0.3, -0.25) is 4.79 Å². The molecule has 1 N–H and O–H groups in total. The summed E-state index contributed by atoms with van der Waals surface area (Å²) in [5.41, 5.74) is 0. The molecule has 108 valence electrons. The van der Waals surface area contributed by atoms with Crippen molar-refractivity contribution in [2.24, 2.45) is 17.8 Å². The zero-order valence-corrected chi connectivity index (χ0v) is 11.8. The van der Waals surface area contributed by atoms with Gasteiger partial charge in [0.05, 0.1) is 6.54 Å². The lowest BCUT2D eigenvalue weighted by Crippen LogP contribution is -2.28. The van der Waals surface area contributed by atoms with E-state index in [1.165, 1.54) is 25.7 Å². The summed E-state index contributed by atoms with van der Waals surface area (Å²) in [4.78, 5) is 12.1. The van der Waals surface area contributed by atoms with Crippen LogP contribution in [-0.2, 0) is 24.3 Å². The first-order valence-corrected chi connectivity index (χ1v) is 7.97. The Balaban J connectivity index is 1.30. The molecule has 0 spiro atoms. The van der Waals surface area contributed by atoms with Gasteiger partial charge in [-0.15, -0.1) is 10.2 Å². The van der Waals surface area contributed by atoms with Gasteiger partial charge < -0.3 is 9.88 Å². The van der Waals surface area contributed by atoms with Crippen LogP contribution in [0, 0.1) is 17.8 Å². The van der Waals surface area contributed by atoms with Crippen LogP contribution < -0.4 is 5.32 Å². The van der Waals surface area contributed by atoms with E-state index >= 15 is 0 Å². The van der Waals surface area contributed by atoms with Gasteiger partial charge in [0.15, 0.2) is 5.82 Å². The van der Waals surface area contributed by atoms with E-state index in [9.17, 15) is 4.79 Å². The standard InChI is InChI=1S/C15H22N4O/c20-15(8-12-7-10-3-4-11(12)6-10)16-9-14-18-17-13-2-1-5-19(13)14/h10-12H,1-9H2,(H,16,20). The Hall–Kier alpha value is -1.39. The Labute approximate surface area is 119 Å². The lowest BCUT2D eigenvalue weighted by molar-refractivity contribution is -0.122. The molecular weight excluding hydrogens is 252 g/mol. The number of carbonyl (C=O) groups is 1. The summed E-state index contributed by atoms with van der Waals surface area (Å²) < 4.78 is 2.15. The highest BCUT2D eigenvalue weighted by Gasteiger charge is 2.40. The number of nitrogens with one attached hydrogen (secondary N) is 1. The smallest absolute Gasteiger partial charge is 0.220 e. The van der Waals surface area contributed by atoms with Crippen molar-refractivity contribution in [3.05, 3.63) is 11.6 Å². The molecule has 5 heteroatoms. The van der Waals surface area contributed by atoms with E-state index in [1.807, 2.05) is 0 Å². The van der Waals surface area contributed by atoms with Crippen molar-refractivity contribution < 1.29 is 4.79 Å². The number of hydrogen-bond acceptors (Lipinski definition) is 3. The van der Waals surface area contributed by atoms with E-state index in [0.29, 0.717) is 18.9 Å². The minimum Gasteiger partial charge on any atom is -0.349 e. The fraction of sp³-hybridized carbons (Fsp3) is 0.800. The first-order chi connectivity index (χ1) is 9.79. The van der Waals surface area contributed by atoms with Crippen LogP contribution in [0.4, 0.5) is 0 Å². The molecule has 2 saturated carbocycles. The van der Waals surface area contributed by atoms with E-state index in [0.717, 1.165) is 42.9 Å². The Bertz CT molecular complexity index is 524. The van der Waals surface area contributed by atoms with Crippen LogP contribution in [0.25, 0.3) is 0 Å². The zero-order valence-electron chi connectivity index (χ0n) is 11.8. The molecule has 1 aliphatic heterocycles. The number of carbonyl (C=O) groups excluding carboxylic acids is 1. The van der Waals surface area contributed by atoms with Crippen LogP contribution in [0.2, 0.25) is 0 Å². The second-order valence-electron chi connectivity index (χ2n) is 6.70. The molecule has 2 aliphatic carbocycles. The van der Waals surface area contributed by atoms with E-state index in [1.54, 1.807) is 0 Å². The van der Waals surface area contributed by atoms with Crippen LogP contribution in [0.1, 0.15) is 50.2 Å². The molecule has 1 amide bonds. The second kappa shape index (κ2) is 4.86. The number of hydrogen-bond donors (Lipinski definition) is 1. The molecular formula is C15H22N4O. The first kappa shape index (κ1) is 12.4. The summed E-state index contributed by atoms with van der Waals surface area (Å²) >= 11 is 0. The monoisotopic (exact) mass is 274 g/mol. The molecule has 2 bridgehead atoms. The third kappa shape index (κ3) is 2.13. The fourth-order valence-corrected chi connectivity index (χ4v) is 4.46. The molecule has 20 heavy (non-hydrogen) atoms. The molecule has 4 rings (SSSR count). The third-order valence-corrected chi connectivity index (χ3v) is 5.46. The van der Waals surface area contributed by atoms with Crippen molar-refractivity contribution in [2.75, 3.05) is 0 Å². The van der Waals surface area contributed by atoms with Crippen LogP contribution in [0.5, 0.6) is 0 Å². The number of rotatable bonds is 4. The van der Waals surface area contributed by atoms with Gasteiger partial charge in [0, 0.05) is 19.4 Å². The van der Waals surface area contributed by atoms with Gasteiger partial charge >= 0.3 is 0 Å². The Morgan fingerprint density at radius 1 is 1.30 bits per heavy atom. The number of fused-ring (bicyclic) bond motifs is 3. The largest absolute Gasteiger partial charge is 0.349 e. The predicted molar refractivity (Wildman–Crippen MR) is 73.7 cm³/mol. The van der Waals surface area contributed by atoms with Gasteiger partial charge in [-0.2, -0.15) is 0 Å². The molecule has 3 aliphatic rings. The summed E-state index contributed by atoms with van der Waals surface area (Å²) in [7, 11) is 0. The molecule has 5 nitrogen and oxygen atoms in total. The van der Waals surface area contributed by atoms with Gasteiger partial charge in [-0.1, -0.05) is 6.42 Å². The van der Waals surface area contributed by atoms with Gasteiger partial charge in [0.25, 0.3) is 0 Å². The highest BCUT2D eigenvalue weighted by Crippen LogP contribution is 2.49. The topological polar surface area (TPSA) is 59.8 Å². The molecule has 0 saturated heterocycles. The van der Waals surface area contributed by atoms with Crippen molar-refractivity contribution in [2.45, 2.75) is 58.0 Å². The van der Waals surface area contributed by atoms with Crippen LogP contribution in [0.3, 0.4) is 0 Å².